The van der Waals surface area contributed by atoms with Gasteiger partial charge < -0.3 is 13.9 Å². The lowest BCUT2D eigenvalue weighted by Crippen LogP contribution is -2.41. The van der Waals surface area contributed by atoms with Crippen molar-refractivity contribution in [2.45, 2.75) is 38.9 Å². The smallest absolute Gasteiger partial charge is 0.399 e. The maximum Gasteiger partial charge on any atom is 0.495 e. The van der Waals surface area contributed by atoms with Crippen LogP contribution in [0, 0.1) is 0 Å². The van der Waals surface area contributed by atoms with Gasteiger partial charge in [0, 0.05) is 23.4 Å². The zero-order valence-electron chi connectivity index (χ0n) is 13.5. The molecule has 92 valence electrons. The summed E-state index contributed by atoms with van der Waals surface area (Å²) < 4.78 is 34.1. The molecule has 17 heavy (non-hydrogen) atoms. The molecular weight excluding hydrogens is 217 g/mol. The average Bonchev–Trinajstić information content (AvgIpc) is 2.46. The Bertz CT molecular complexity index is 564. The molecule has 1 saturated heterocycles. The van der Waals surface area contributed by atoms with E-state index in [0.717, 1.165) is 0 Å². The first-order valence-electron chi connectivity index (χ1n) is 7.03. The van der Waals surface area contributed by atoms with Crippen molar-refractivity contribution in [3.05, 3.63) is 28.7 Å². The van der Waals surface area contributed by atoms with Gasteiger partial charge in [-0.25, -0.2) is 0 Å². The van der Waals surface area contributed by atoms with Crippen LogP contribution in [-0.2, 0) is 16.3 Å². The molecule has 2 heterocycles. The summed E-state index contributed by atoms with van der Waals surface area (Å²) in [6.45, 7) is 5.17. The fourth-order valence-electron chi connectivity index (χ4n) is 1.62. The van der Waals surface area contributed by atoms with Crippen molar-refractivity contribution < 1.29 is 13.4 Å². The molecule has 1 aromatic heterocycles. The Kier molecular flexibility index (Phi) is 1.96. The second kappa shape index (κ2) is 3.72. The van der Waals surface area contributed by atoms with Crippen molar-refractivity contribution in [1.82, 2.24) is 4.57 Å². The van der Waals surface area contributed by atoms with Crippen molar-refractivity contribution in [3.63, 3.8) is 0 Å². The van der Waals surface area contributed by atoms with Crippen LogP contribution in [0.3, 0.4) is 0 Å². The van der Waals surface area contributed by atoms with Crippen molar-refractivity contribution in [1.29, 1.82) is 0 Å². The Morgan fingerprint density at radius 3 is 2.35 bits per heavy atom. The number of hydrogen-bond acceptors (Lipinski definition) is 3. The Labute approximate surface area is 106 Å². The third-order valence-electron chi connectivity index (χ3n) is 3.47. The third kappa shape index (κ3) is 2.05. The molecule has 0 unspecified atom stereocenters. The summed E-state index contributed by atoms with van der Waals surface area (Å²) >= 11 is 0. The molecule has 1 aromatic rings. The molecule has 0 saturated carbocycles. The van der Waals surface area contributed by atoms with Crippen molar-refractivity contribution in [2.75, 3.05) is 0 Å². The van der Waals surface area contributed by atoms with E-state index >= 15 is 0 Å². The highest BCUT2D eigenvalue weighted by atomic mass is 16.7. The van der Waals surface area contributed by atoms with Gasteiger partial charge in [0.2, 0.25) is 5.56 Å². The van der Waals surface area contributed by atoms with E-state index in [1.165, 1.54) is 18.3 Å². The number of hydrogen-bond donors (Lipinski definition) is 0. The van der Waals surface area contributed by atoms with Crippen molar-refractivity contribution >= 4 is 12.6 Å². The van der Waals surface area contributed by atoms with E-state index < -0.39 is 30.9 Å². The number of nitrogens with zero attached hydrogens (tertiary/aromatic N) is 1. The summed E-state index contributed by atoms with van der Waals surface area (Å²) in [6.07, 6.45) is 1.25. The van der Waals surface area contributed by atoms with Crippen LogP contribution in [0.15, 0.2) is 23.1 Å². The maximum atomic E-state index is 11.9. The van der Waals surface area contributed by atoms with E-state index in [1.54, 1.807) is 0 Å². The average molecular weight is 238 g/mol. The molecule has 4 nitrogen and oxygen atoms in total. The highest BCUT2D eigenvalue weighted by molar-refractivity contribution is 6.62. The molecule has 0 spiro atoms. The van der Waals surface area contributed by atoms with Crippen LogP contribution >= 0.6 is 0 Å². The Hall–Kier alpha value is -1.07. The zero-order chi connectivity index (χ0) is 15.3. The molecule has 2 rings (SSSR count). The van der Waals surface area contributed by atoms with Gasteiger partial charge in [-0.3, -0.25) is 4.79 Å². The van der Waals surface area contributed by atoms with Crippen molar-refractivity contribution in [2.24, 2.45) is 6.98 Å². The van der Waals surface area contributed by atoms with E-state index in [0.29, 0.717) is 10.0 Å². The molecule has 0 N–H and O–H groups in total. The topological polar surface area (TPSA) is 40.5 Å². The summed E-state index contributed by atoms with van der Waals surface area (Å²) in [5.41, 5.74) is -1.08. The zero-order valence-corrected chi connectivity index (χ0v) is 10.5. The molecular formula is C12H18BNO3. The quantitative estimate of drug-likeness (QED) is 0.675. The molecule has 1 fully saturated rings. The fourth-order valence-corrected chi connectivity index (χ4v) is 1.62. The predicted octanol–water partition coefficient (Wildman–Crippen LogP) is 0.684. The van der Waals surface area contributed by atoms with Gasteiger partial charge in [-0.1, -0.05) is 0 Å². The normalized spacial score (nSPS) is 25.2. The lowest BCUT2D eigenvalue weighted by molar-refractivity contribution is 0.00578. The molecule has 1 aliphatic rings. The van der Waals surface area contributed by atoms with E-state index in [4.69, 9.17) is 13.4 Å². The summed E-state index contributed by atoms with van der Waals surface area (Å²) in [5, 5.41) is 0. The van der Waals surface area contributed by atoms with Crippen LogP contribution in [0.2, 0.25) is 0 Å². The minimum absolute atomic E-state index is 0.503. The summed E-state index contributed by atoms with van der Waals surface area (Å²) in [4.78, 5) is 11.9. The largest absolute Gasteiger partial charge is 0.495 e. The second-order valence-electron chi connectivity index (χ2n) is 5.26. The monoisotopic (exact) mass is 238 g/mol. The molecule has 0 bridgehead atoms. The van der Waals surface area contributed by atoms with Gasteiger partial charge in [-0.15, -0.1) is 0 Å². The molecule has 0 amide bonds. The van der Waals surface area contributed by atoms with Crippen LogP contribution in [-0.4, -0.2) is 22.9 Å². The van der Waals surface area contributed by atoms with Gasteiger partial charge in [-0.2, -0.15) is 0 Å². The van der Waals surface area contributed by atoms with Gasteiger partial charge in [0.15, 0.2) is 0 Å². The minimum Gasteiger partial charge on any atom is -0.399 e. The second-order valence-corrected chi connectivity index (χ2v) is 5.26. The van der Waals surface area contributed by atoms with Gasteiger partial charge in [0.1, 0.15) is 0 Å². The van der Waals surface area contributed by atoms with Crippen molar-refractivity contribution in [3.8, 4) is 0 Å². The number of rotatable bonds is 1. The van der Waals surface area contributed by atoms with E-state index in [9.17, 15) is 4.79 Å². The highest BCUT2D eigenvalue weighted by Gasteiger charge is 2.51. The van der Waals surface area contributed by atoms with E-state index in [2.05, 4.69) is 0 Å². The Morgan fingerprint density at radius 2 is 1.88 bits per heavy atom. The van der Waals surface area contributed by atoms with Gasteiger partial charge in [-0.05, 0) is 39.2 Å². The Morgan fingerprint density at radius 1 is 1.29 bits per heavy atom. The highest BCUT2D eigenvalue weighted by Crippen LogP contribution is 2.36. The van der Waals surface area contributed by atoms with E-state index in [1.807, 2.05) is 27.7 Å². The predicted molar refractivity (Wildman–Crippen MR) is 67.4 cm³/mol. The molecule has 5 heteroatoms. The molecule has 1 aliphatic heterocycles. The van der Waals surface area contributed by atoms with Gasteiger partial charge in [0.05, 0.1) is 11.2 Å². The fraction of sp³-hybridized carbons (Fsp3) is 0.583. The van der Waals surface area contributed by atoms with Crippen LogP contribution in [0.25, 0.3) is 0 Å². The van der Waals surface area contributed by atoms with Crippen LogP contribution in [0.4, 0.5) is 0 Å². The third-order valence-corrected chi connectivity index (χ3v) is 3.47. The first-order chi connectivity index (χ1) is 8.94. The van der Waals surface area contributed by atoms with Crippen LogP contribution < -0.4 is 11.0 Å². The van der Waals surface area contributed by atoms with Crippen LogP contribution in [0.1, 0.15) is 31.8 Å². The Balaban J connectivity index is 2.34. The number of pyridine rings is 1. The minimum atomic E-state index is -2.48. The number of aromatic nitrogens is 1. The SMILES string of the molecule is [2H]C([2H])([2H])n1ccc(B2OC(C)(C)C(C)(C)O2)cc1=O. The summed E-state index contributed by atoms with van der Waals surface area (Å²) in [5.74, 6) is 0. The van der Waals surface area contributed by atoms with Gasteiger partial charge >= 0.3 is 7.12 Å². The molecule has 0 aliphatic carbocycles. The standard InChI is InChI=1S/C12H18BNO3/c1-11(2)12(3,4)17-13(16-11)9-6-7-14(5)10(15)8-9/h6-8H,1-5H3/i5D3. The maximum absolute atomic E-state index is 11.9. The number of aryl methyl sites for hydroxylation is 1. The molecule has 0 atom stereocenters. The van der Waals surface area contributed by atoms with Crippen LogP contribution in [0.5, 0.6) is 0 Å². The van der Waals surface area contributed by atoms with Gasteiger partial charge in [0.25, 0.3) is 0 Å². The lowest BCUT2D eigenvalue weighted by Gasteiger charge is -2.32. The lowest BCUT2D eigenvalue weighted by atomic mass is 9.80. The first-order valence-corrected chi connectivity index (χ1v) is 5.53. The van der Waals surface area contributed by atoms with E-state index in [-0.39, 0.29) is 0 Å². The summed E-state index contributed by atoms with van der Waals surface area (Å²) in [7, 11) is -0.668. The molecule has 0 aromatic carbocycles. The first kappa shape index (κ1) is 8.94. The summed E-state index contributed by atoms with van der Waals surface area (Å²) in [6, 6.07) is 2.78. The molecule has 0 radical (unpaired) electrons.